The third-order valence-electron chi connectivity index (χ3n) is 4.30. The molecule has 0 bridgehead atoms. The zero-order chi connectivity index (χ0) is 18.9. The minimum atomic E-state index is -0.0157. The van der Waals surface area contributed by atoms with E-state index in [1.165, 1.54) is 12.8 Å². The maximum atomic E-state index is 11.9. The summed E-state index contributed by atoms with van der Waals surface area (Å²) in [5, 5.41) is 6.87. The van der Waals surface area contributed by atoms with Gasteiger partial charge in [-0.2, -0.15) is 4.98 Å². The van der Waals surface area contributed by atoms with Gasteiger partial charge in [0.25, 0.3) is 0 Å². The highest BCUT2D eigenvalue weighted by atomic mass is 16.5. The second kappa shape index (κ2) is 10.1. The number of nitrogens with one attached hydrogen (secondary N) is 1. The molecule has 1 heterocycles. The van der Waals surface area contributed by atoms with Gasteiger partial charge in [0.2, 0.25) is 17.6 Å². The van der Waals surface area contributed by atoms with Crippen molar-refractivity contribution < 1.29 is 18.8 Å². The van der Waals surface area contributed by atoms with Crippen LogP contribution in [0.2, 0.25) is 0 Å². The molecule has 1 N–H and O–H groups in total. The highest BCUT2D eigenvalue weighted by Gasteiger charge is 2.20. The fourth-order valence-electron chi connectivity index (χ4n) is 2.59. The van der Waals surface area contributed by atoms with Crippen molar-refractivity contribution in [2.75, 3.05) is 26.4 Å². The molecule has 7 nitrogen and oxygen atoms in total. The third-order valence-corrected chi connectivity index (χ3v) is 4.30. The maximum Gasteiger partial charge on any atom is 0.227 e. The number of ether oxygens (including phenoxy) is 2. The van der Waals surface area contributed by atoms with E-state index in [2.05, 4.69) is 15.5 Å². The van der Waals surface area contributed by atoms with Crippen LogP contribution in [0.3, 0.4) is 0 Å². The monoisotopic (exact) mass is 373 g/mol. The van der Waals surface area contributed by atoms with Crippen LogP contribution in [-0.2, 0) is 16.0 Å². The van der Waals surface area contributed by atoms with E-state index in [4.69, 9.17) is 14.0 Å². The number of carbonyl (C=O) groups excluding carboxylic acids is 1. The first-order chi connectivity index (χ1) is 13.2. The molecule has 1 aromatic heterocycles. The Hall–Kier alpha value is -2.41. The van der Waals surface area contributed by atoms with Gasteiger partial charge in [-0.15, -0.1) is 0 Å². The predicted molar refractivity (Wildman–Crippen MR) is 100 cm³/mol. The van der Waals surface area contributed by atoms with E-state index in [9.17, 15) is 4.79 Å². The molecule has 0 radical (unpaired) electrons. The van der Waals surface area contributed by atoms with E-state index in [0.29, 0.717) is 44.3 Å². The normalized spacial score (nSPS) is 13.5. The standard InChI is InChI=1S/C20H27N3O4/c1-2-26-17-8-6-16(7-9-17)20-22-19(27-23-20)11-10-18(24)21-12-3-13-25-14-15-4-5-15/h6-9,15H,2-5,10-14H2,1H3,(H,21,24). The van der Waals surface area contributed by atoms with Crippen molar-refractivity contribution >= 4 is 5.91 Å². The lowest BCUT2D eigenvalue weighted by molar-refractivity contribution is -0.121. The fourth-order valence-corrected chi connectivity index (χ4v) is 2.59. The summed E-state index contributed by atoms with van der Waals surface area (Å²) < 4.78 is 16.2. The maximum absolute atomic E-state index is 11.9. The second-order valence-corrected chi connectivity index (χ2v) is 6.69. The molecular weight excluding hydrogens is 346 g/mol. The molecule has 1 amide bonds. The average molecular weight is 373 g/mol. The van der Waals surface area contributed by atoms with Crippen LogP contribution in [0.25, 0.3) is 11.4 Å². The van der Waals surface area contributed by atoms with Crippen LogP contribution in [-0.4, -0.2) is 42.4 Å². The Morgan fingerprint density at radius 3 is 2.85 bits per heavy atom. The number of hydrogen-bond acceptors (Lipinski definition) is 6. The first-order valence-electron chi connectivity index (χ1n) is 9.65. The van der Waals surface area contributed by atoms with E-state index in [1.54, 1.807) is 0 Å². The SMILES string of the molecule is CCOc1ccc(-c2noc(CCC(=O)NCCCOCC3CC3)n2)cc1. The number of benzene rings is 1. The highest BCUT2D eigenvalue weighted by molar-refractivity contribution is 5.75. The van der Waals surface area contributed by atoms with Crippen molar-refractivity contribution in [1.82, 2.24) is 15.5 Å². The quantitative estimate of drug-likeness (QED) is 0.576. The summed E-state index contributed by atoms with van der Waals surface area (Å²) in [5.41, 5.74) is 0.851. The van der Waals surface area contributed by atoms with E-state index >= 15 is 0 Å². The average Bonchev–Trinajstić information content (AvgIpc) is 3.39. The summed E-state index contributed by atoms with van der Waals surface area (Å²) in [6.07, 6.45) is 4.18. The minimum Gasteiger partial charge on any atom is -0.494 e. The van der Waals surface area contributed by atoms with Gasteiger partial charge in [-0.25, -0.2) is 0 Å². The molecule has 1 saturated carbocycles. The molecule has 3 rings (SSSR count). The zero-order valence-corrected chi connectivity index (χ0v) is 15.8. The fraction of sp³-hybridized carbons (Fsp3) is 0.550. The Kier molecular flexibility index (Phi) is 7.21. The molecule has 146 valence electrons. The number of carbonyl (C=O) groups is 1. The van der Waals surface area contributed by atoms with E-state index in [-0.39, 0.29) is 5.91 Å². The molecule has 0 atom stereocenters. The Morgan fingerprint density at radius 2 is 2.11 bits per heavy atom. The molecule has 27 heavy (non-hydrogen) atoms. The highest BCUT2D eigenvalue weighted by Crippen LogP contribution is 2.28. The summed E-state index contributed by atoms with van der Waals surface area (Å²) in [7, 11) is 0. The first kappa shape index (κ1) is 19.4. The van der Waals surface area contributed by atoms with Crippen LogP contribution in [0.5, 0.6) is 5.75 Å². The summed E-state index contributed by atoms with van der Waals surface area (Å²) in [5.74, 6) is 2.54. The van der Waals surface area contributed by atoms with Crippen LogP contribution in [0.1, 0.15) is 38.5 Å². The van der Waals surface area contributed by atoms with Gasteiger partial charge in [0, 0.05) is 38.2 Å². The molecule has 0 spiro atoms. The number of nitrogens with zero attached hydrogens (tertiary/aromatic N) is 2. The Bertz CT molecular complexity index is 710. The number of aryl methyl sites for hydroxylation is 1. The van der Waals surface area contributed by atoms with Crippen molar-refractivity contribution in [3.63, 3.8) is 0 Å². The first-order valence-corrected chi connectivity index (χ1v) is 9.65. The largest absolute Gasteiger partial charge is 0.494 e. The van der Waals surface area contributed by atoms with Crippen molar-refractivity contribution in [3.05, 3.63) is 30.2 Å². The van der Waals surface area contributed by atoms with Crippen molar-refractivity contribution in [2.24, 2.45) is 5.92 Å². The molecule has 1 aromatic carbocycles. The van der Waals surface area contributed by atoms with Gasteiger partial charge in [-0.1, -0.05) is 5.16 Å². The molecular formula is C20H27N3O4. The van der Waals surface area contributed by atoms with Gasteiger partial charge in [-0.3, -0.25) is 4.79 Å². The van der Waals surface area contributed by atoms with Crippen molar-refractivity contribution in [3.8, 4) is 17.1 Å². The van der Waals surface area contributed by atoms with Crippen molar-refractivity contribution in [2.45, 2.75) is 39.0 Å². The van der Waals surface area contributed by atoms with Gasteiger partial charge >= 0.3 is 0 Å². The lowest BCUT2D eigenvalue weighted by atomic mass is 10.2. The van der Waals surface area contributed by atoms with Gasteiger partial charge < -0.3 is 19.3 Å². The van der Waals surface area contributed by atoms with Gasteiger partial charge in [0.05, 0.1) is 6.61 Å². The molecule has 7 heteroatoms. The second-order valence-electron chi connectivity index (χ2n) is 6.69. The van der Waals surface area contributed by atoms with Crippen LogP contribution in [0, 0.1) is 5.92 Å². The Morgan fingerprint density at radius 1 is 1.30 bits per heavy atom. The van der Waals surface area contributed by atoms with E-state index in [0.717, 1.165) is 30.3 Å². The number of aromatic nitrogens is 2. The molecule has 1 aliphatic rings. The van der Waals surface area contributed by atoms with Crippen LogP contribution in [0.15, 0.2) is 28.8 Å². The number of amides is 1. The van der Waals surface area contributed by atoms with Crippen LogP contribution in [0.4, 0.5) is 0 Å². The Labute approximate surface area is 159 Å². The predicted octanol–water partition coefficient (Wildman–Crippen LogP) is 3.00. The lowest BCUT2D eigenvalue weighted by Gasteiger charge is -2.05. The van der Waals surface area contributed by atoms with Crippen LogP contribution >= 0.6 is 0 Å². The minimum absolute atomic E-state index is 0.0157. The van der Waals surface area contributed by atoms with Crippen LogP contribution < -0.4 is 10.1 Å². The lowest BCUT2D eigenvalue weighted by Crippen LogP contribution is -2.25. The van der Waals surface area contributed by atoms with E-state index in [1.807, 2.05) is 31.2 Å². The number of hydrogen-bond donors (Lipinski definition) is 1. The van der Waals surface area contributed by atoms with Gasteiger partial charge in [0.15, 0.2) is 0 Å². The topological polar surface area (TPSA) is 86.5 Å². The summed E-state index contributed by atoms with van der Waals surface area (Å²) in [6, 6.07) is 7.52. The third kappa shape index (κ3) is 6.67. The molecule has 0 saturated heterocycles. The number of rotatable bonds is 12. The summed E-state index contributed by atoms with van der Waals surface area (Å²) in [4.78, 5) is 16.2. The molecule has 1 aliphatic carbocycles. The van der Waals surface area contributed by atoms with Gasteiger partial charge in [0.1, 0.15) is 5.75 Å². The van der Waals surface area contributed by atoms with Crippen molar-refractivity contribution in [1.29, 1.82) is 0 Å². The Balaban J connectivity index is 1.34. The van der Waals surface area contributed by atoms with Gasteiger partial charge in [-0.05, 0) is 56.4 Å². The molecule has 0 unspecified atom stereocenters. The summed E-state index contributed by atoms with van der Waals surface area (Å²) in [6.45, 7) is 4.76. The van der Waals surface area contributed by atoms with E-state index < -0.39 is 0 Å². The molecule has 0 aliphatic heterocycles. The smallest absolute Gasteiger partial charge is 0.227 e. The molecule has 1 fully saturated rings. The zero-order valence-electron chi connectivity index (χ0n) is 15.8. The summed E-state index contributed by atoms with van der Waals surface area (Å²) >= 11 is 0. The molecule has 2 aromatic rings.